The van der Waals surface area contributed by atoms with Gasteiger partial charge < -0.3 is 29.8 Å². The molecule has 9 nitrogen and oxygen atoms in total. The number of carbonyl (C=O) groups excluding carboxylic acids is 3. The molecule has 0 rings (SSSR count). The summed E-state index contributed by atoms with van der Waals surface area (Å²) in [6.45, 7) is 11.7. The minimum atomic E-state index is -1.23. The van der Waals surface area contributed by atoms with Gasteiger partial charge in [-0.25, -0.2) is 0 Å². The van der Waals surface area contributed by atoms with E-state index in [1.807, 2.05) is 34.6 Å². The molecule has 0 bridgehead atoms. The van der Waals surface area contributed by atoms with Crippen molar-refractivity contribution in [3.8, 4) is 0 Å². The number of aliphatic hydroxyl groups excluding tert-OH is 1. The molecular weight excluding hydrogens is 490 g/mol. The summed E-state index contributed by atoms with van der Waals surface area (Å²) in [6.07, 6.45) is 6.60. The van der Waals surface area contributed by atoms with Crippen molar-refractivity contribution in [2.45, 2.75) is 137 Å². The van der Waals surface area contributed by atoms with Crippen LogP contribution in [0.5, 0.6) is 0 Å². The lowest BCUT2D eigenvalue weighted by atomic mass is 9.75. The van der Waals surface area contributed by atoms with Gasteiger partial charge in [-0.3, -0.25) is 14.4 Å². The van der Waals surface area contributed by atoms with Crippen molar-refractivity contribution in [2.75, 3.05) is 26.4 Å². The molecule has 0 fully saturated rings. The van der Waals surface area contributed by atoms with E-state index in [0.29, 0.717) is 45.1 Å². The Labute approximate surface area is 230 Å². The minimum absolute atomic E-state index is 0.0253. The summed E-state index contributed by atoms with van der Waals surface area (Å²) in [6, 6.07) is 0. The number of ketones is 1. The van der Waals surface area contributed by atoms with E-state index in [0.717, 1.165) is 32.1 Å². The second-order valence-corrected chi connectivity index (χ2v) is 10.3. The Hall–Kier alpha value is -1.55. The molecule has 0 aliphatic rings. The van der Waals surface area contributed by atoms with Crippen LogP contribution in [0.2, 0.25) is 0 Å². The van der Waals surface area contributed by atoms with Gasteiger partial charge in [-0.15, -0.1) is 0 Å². The number of nitrogens with two attached hydrogens (primary N) is 1. The number of hydrogen-bond acceptors (Lipinski definition) is 9. The maximum atomic E-state index is 13.3. The molecule has 4 unspecified atom stereocenters. The van der Waals surface area contributed by atoms with Gasteiger partial charge >= 0.3 is 11.9 Å². The molecule has 0 heterocycles. The summed E-state index contributed by atoms with van der Waals surface area (Å²) in [7, 11) is 0. The van der Waals surface area contributed by atoms with Crippen molar-refractivity contribution in [3.05, 3.63) is 0 Å². The Balaban J connectivity index is 5.11. The van der Waals surface area contributed by atoms with Crippen molar-refractivity contribution >= 4 is 17.7 Å². The largest absolute Gasteiger partial charge is 0.461 e. The number of hydrogen-bond donors (Lipinski definition) is 2. The quantitative estimate of drug-likeness (QED) is 0.0991. The first-order valence-electron chi connectivity index (χ1n) is 14.6. The molecule has 4 atom stereocenters. The Kier molecular flexibility index (Phi) is 19.5. The van der Waals surface area contributed by atoms with Crippen molar-refractivity contribution in [1.82, 2.24) is 0 Å². The number of Topliss-reactive ketones (excluding diaryl/α,β-unsaturated/α-hetero) is 1. The van der Waals surface area contributed by atoms with Crippen molar-refractivity contribution in [1.29, 1.82) is 0 Å². The van der Waals surface area contributed by atoms with Gasteiger partial charge in [-0.05, 0) is 58.8 Å². The van der Waals surface area contributed by atoms with Crippen molar-refractivity contribution in [2.24, 2.45) is 11.1 Å². The van der Waals surface area contributed by atoms with E-state index < -0.39 is 23.2 Å². The SMILES string of the molecule is CCC(=O)CCCCCOC(N)(CC)C(C)(CC)C(=O)OCC(COC(C)CC)OC(=O)CCCCCO. The molecule has 0 radical (unpaired) electrons. The Bertz CT molecular complexity index is 673. The summed E-state index contributed by atoms with van der Waals surface area (Å²) in [5.74, 6) is -0.639. The van der Waals surface area contributed by atoms with E-state index in [4.69, 9.17) is 29.8 Å². The van der Waals surface area contributed by atoms with Gasteiger partial charge in [-0.1, -0.05) is 40.5 Å². The average Bonchev–Trinajstić information content (AvgIpc) is 2.92. The van der Waals surface area contributed by atoms with Crippen LogP contribution in [0.15, 0.2) is 0 Å². The average molecular weight is 546 g/mol. The molecule has 0 aromatic rings. The summed E-state index contributed by atoms with van der Waals surface area (Å²) in [5, 5.41) is 8.90. The molecule has 3 N–H and O–H groups in total. The molecule has 0 aliphatic carbocycles. The zero-order valence-electron chi connectivity index (χ0n) is 24.9. The summed E-state index contributed by atoms with van der Waals surface area (Å²) >= 11 is 0. The van der Waals surface area contributed by atoms with Gasteiger partial charge in [0.1, 0.15) is 23.5 Å². The Morgan fingerprint density at radius 1 is 0.895 bits per heavy atom. The maximum Gasteiger partial charge on any atom is 0.316 e. The van der Waals surface area contributed by atoms with E-state index >= 15 is 0 Å². The minimum Gasteiger partial charge on any atom is -0.461 e. The second-order valence-electron chi connectivity index (χ2n) is 10.3. The highest BCUT2D eigenvalue weighted by atomic mass is 16.6. The zero-order valence-corrected chi connectivity index (χ0v) is 24.9. The van der Waals surface area contributed by atoms with Crippen molar-refractivity contribution in [3.63, 3.8) is 0 Å². The first-order valence-corrected chi connectivity index (χ1v) is 14.6. The number of esters is 2. The van der Waals surface area contributed by atoms with Crippen LogP contribution in [0.4, 0.5) is 0 Å². The number of unbranched alkanes of at least 4 members (excludes halogenated alkanes) is 4. The number of rotatable bonds is 24. The molecule has 0 aromatic heterocycles. The third kappa shape index (κ3) is 13.5. The number of carbonyl (C=O) groups is 3. The predicted molar refractivity (Wildman–Crippen MR) is 147 cm³/mol. The lowest BCUT2D eigenvalue weighted by Crippen LogP contribution is -2.60. The van der Waals surface area contributed by atoms with Gasteiger partial charge in [0.25, 0.3) is 0 Å². The molecule has 0 aliphatic heterocycles. The molecule has 9 heteroatoms. The second kappa shape index (κ2) is 20.4. The maximum absolute atomic E-state index is 13.3. The van der Waals surface area contributed by atoms with E-state index in [9.17, 15) is 14.4 Å². The fraction of sp³-hybridized carbons (Fsp3) is 0.897. The van der Waals surface area contributed by atoms with Crippen LogP contribution < -0.4 is 5.73 Å². The fourth-order valence-electron chi connectivity index (χ4n) is 3.94. The standard InChI is InChI=1S/C29H55NO8/c1-7-23(5)35-21-25(38-26(33)18-14-11-15-19-31)22-36-27(34)28(6,9-3)29(30,10-4)37-20-16-12-13-17-24(32)8-2/h23,25,31H,7-22,30H2,1-6H3. The third-order valence-corrected chi connectivity index (χ3v) is 7.35. The summed E-state index contributed by atoms with van der Waals surface area (Å²) in [4.78, 5) is 37.2. The Morgan fingerprint density at radius 2 is 1.55 bits per heavy atom. The molecule has 0 aromatic carbocycles. The smallest absolute Gasteiger partial charge is 0.316 e. The highest BCUT2D eigenvalue weighted by molar-refractivity contribution is 5.78. The van der Waals surface area contributed by atoms with Gasteiger partial charge in [-0.2, -0.15) is 0 Å². The Morgan fingerprint density at radius 3 is 2.13 bits per heavy atom. The molecule has 0 amide bonds. The number of ether oxygens (including phenoxy) is 4. The van der Waals surface area contributed by atoms with E-state index in [-0.39, 0.29) is 44.1 Å². The topological polar surface area (TPSA) is 134 Å². The van der Waals surface area contributed by atoms with Crippen LogP contribution in [-0.4, -0.2) is 67.2 Å². The van der Waals surface area contributed by atoms with Crippen molar-refractivity contribution < 1.29 is 38.4 Å². The van der Waals surface area contributed by atoms with E-state index in [1.54, 1.807) is 6.92 Å². The van der Waals surface area contributed by atoms with Crippen LogP contribution in [0.1, 0.15) is 119 Å². The lowest BCUT2D eigenvalue weighted by molar-refractivity contribution is -0.191. The third-order valence-electron chi connectivity index (χ3n) is 7.35. The van der Waals surface area contributed by atoms with Gasteiger partial charge in [0.15, 0.2) is 6.10 Å². The highest BCUT2D eigenvalue weighted by Crippen LogP contribution is 2.38. The van der Waals surface area contributed by atoms with Gasteiger partial charge in [0.2, 0.25) is 0 Å². The molecule has 0 spiro atoms. The predicted octanol–water partition coefficient (Wildman–Crippen LogP) is 4.85. The monoisotopic (exact) mass is 545 g/mol. The van der Waals surface area contributed by atoms with Crippen LogP contribution in [-0.2, 0) is 33.3 Å². The summed E-state index contributed by atoms with van der Waals surface area (Å²) in [5.41, 5.74) is 4.30. The van der Waals surface area contributed by atoms with Crippen LogP contribution in [0.3, 0.4) is 0 Å². The van der Waals surface area contributed by atoms with E-state index in [1.165, 1.54) is 0 Å². The van der Waals surface area contributed by atoms with Crippen LogP contribution >= 0.6 is 0 Å². The molecule has 0 saturated heterocycles. The van der Waals surface area contributed by atoms with Crippen LogP contribution in [0, 0.1) is 5.41 Å². The van der Waals surface area contributed by atoms with Gasteiger partial charge in [0, 0.05) is 32.5 Å². The highest BCUT2D eigenvalue weighted by Gasteiger charge is 2.51. The first-order chi connectivity index (χ1) is 18.0. The molecule has 224 valence electrons. The first kappa shape index (κ1) is 36.5. The summed E-state index contributed by atoms with van der Waals surface area (Å²) < 4.78 is 23.1. The number of aliphatic hydroxyl groups is 1. The normalized spacial score (nSPS) is 16.2. The van der Waals surface area contributed by atoms with Gasteiger partial charge in [0.05, 0.1) is 12.7 Å². The molecule has 0 saturated carbocycles. The fourth-order valence-corrected chi connectivity index (χ4v) is 3.94. The van der Waals surface area contributed by atoms with Crippen LogP contribution in [0.25, 0.3) is 0 Å². The van der Waals surface area contributed by atoms with E-state index in [2.05, 4.69) is 0 Å². The molecular formula is C29H55NO8. The molecule has 38 heavy (non-hydrogen) atoms. The lowest BCUT2D eigenvalue weighted by Gasteiger charge is -2.43. The zero-order chi connectivity index (χ0) is 29.0.